The lowest BCUT2D eigenvalue weighted by atomic mass is 10.2. The van der Waals surface area contributed by atoms with Gasteiger partial charge in [0.2, 0.25) is 5.82 Å². The molecule has 6 rings (SSSR count). The molecule has 4 aromatic carbocycles. The van der Waals surface area contributed by atoms with Crippen molar-refractivity contribution >= 4 is 55.6 Å². The van der Waals surface area contributed by atoms with E-state index >= 15 is 0 Å². The molecule has 204 valence electrons. The summed E-state index contributed by atoms with van der Waals surface area (Å²) in [5, 5.41) is 6.38. The van der Waals surface area contributed by atoms with Gasteiger partial charge >= 0.3 is 0 Å². The number of benzene rings is 4. The molecule has 0 spiro atoms. The third kappa shape index (κ3) is 5.75. The summed E-state index contributed by atoms with van der Waals surface area (Å²) in [6, 6.07) is 27.7. The Labute approximate surface area is 248 Å². The largest absolute Gasteiger partial charge is 0.490 e. The molecule has 0 atom stereocenters. The molecule has 2 aromatic heterocycles. The molecule has 0 radical (unpaired) electrons. The average molecular weight is 629 g/mol. The smallest absolute Gasteiger partial charge is 0.282 e. The summed E-state index contributed by atoms with van der Waals surface area (Å²) in [5.41, 5.74) is 2.60. The zero-order valence-electron chi connectivity index (χ0n) is 21.9. The monoisotopic (exact) mass is 627 g/mol. The average Bonchev–Trinajstić information content (AvgIpc) is 3.40. The van der Waals surface area contributed by atoms with Gasteiger partial charge in [-0.25, -0.2) is 4.98 Å². The van der Waals surface area contributed by atoms with Crippen LogP contribution in [0.15, 0.2) is 110 Å². The van der Waals surface area contributed by atoms with Gasteiger partial charge in [-0.3, -0.25) is 4.79 Å². The Balaban J connectivity index is 1.37. The maximum Gasteiger partial charge on any atom is 0.282 e. The van der Waals surface area contributed by atoms with Crippen molar-refractivity contribution < 1.29 is 13.9 Å². The fourth-order valence-corrected chi connectivity index (χ4v) is 4.82. The zero-order valence-corrected chi connectivity index (χ0v) is 24.2. The van der Waals surface area contributed by atoms with Gasteiger partial charge in [-0.2, -0.15) is 9.78 Å². The molecule has 0 unspecified atom stereocenters. The van der Waals surface area contributed by atoms with Crippen molar-refractivity contribution in [3.05, 3.63) is 122 Å². The van der Waals surface area contributed by atoms with Gasteiger partial charge < -0.3 is 13.9 Å². The van der Waals surface area contributed by atoms with E-state index in [0.29, 0.717) is 57.5 Å². The Morgan fingerprint density at radius 1 is 0.976 bits per heavy atom. The standard InChI is InChI=1S/C32H23BrClN3O4/c1-2-39-29-15-21(9-13-28(29)40-19-20-7-10-23(33)11-8-20)18-35-37-31(36-26-6-4-3-5-25(26)32(37)38)30-17-22-16-24(34)12-14-27(22)41-30/h3-18H,2,19H2,1H3. The number of rotatable bonds is 8. The minimum atomic E-state index is -0.320. The van der Waals surface area contributed by atoms with Crippen LogP contribution < -0.4 is 15.0 Å². The van der Waals surface area contributed by atoms with Crippen LogP contribution in [0.3, 0.4) is 0 Å². The van der Waals surface area contributed by atoms with Crippen LogP contribution in [0.5, 0.6) is 11.5 Å². The highest BCUT2D eigenvalue weighted by molar-refractivity contribution is 9.10. The van der Waals surface area contributed by atoms with Crippen LogP contribution >= 0.6 is 27.5 Å². The van der Waals surface area contributed by atoms with E-state index in [4.69, 9.17) is 30.5 Å². The van der Waals surface area contributed by atoms with Gasteiger partial charge in [0.25, 0.3) is 5.56 Å². The molecule has 2 heterocycles. The number of aromatic nitrogens is 2. The molecule has 0 N–H and O–H groups in total. The SMILES string of the molecule is CCOc1cc(C=Nn2c(-c3cc4cc(Cl)ccc4o3)nc3ccccc3c2=O)ccc1OCc1ccc(Br)cc1. The van der Waals surface area contributed by atoms with Crippen LogP contribution in [0.25, 0.3) is 33.5 Å². The highest BCUT2D eigenvalue weighted by Gasteiger charge is 2.17. The number of hydrogen-bond donors (Lipinski definition) is 0. The molecule has 9 heteroatoms. The lowest BCUT2D eigenvalue weighted by Gasteiger charge is -2.13. The molecule has 7 nitrogen and oxygen atoms in total. The summed E-state index contributed by atoms with van der Waals surface area (Å²) < 4.78 is 20.2. The van der Waals surface area contributed by atoms with E-state index in [-0.39, 0.29) is 11.4 Å². The van der Waals surface area contributed by atoms with Gasteiger partial charge in [0.1, 0.15) is 12.2 Å². The van der Waals surface area contributed by atoms with Crippen LogP contribution in [-0.4, -0.2) is 22.5 Å². The van der Waals surface area contributed by atoms with Gasteiger partial charge in [-0.15, -0.1) is 0 Å². The van der Waals surface area contributed by atoms with Gasteiger partial charge in [-0.05, 0) is 84.8 Å². The second-order valence-corrected chi connectivity index (χ2v) is 10.5. The van der Waals surface area contributed by atoms with E-state index in [1.807, 2.05) is 55.5 Å². The molecule has 0 aliphatic rings. The maximum absolute atomic E-state index is 13.6. The normalized spacial score (nSPS) is 11.5. The van der Waals surface area contributed by atoms with Crippen molar-refractivity contribution in [2.24, 2.45) is 5.10 Å². The maximum atomic E-state index is 13.6. The minimum Gasteiger partial charge on any atom is -0.490 e. The van der Waals surface area contributed by atoms with Crippen molar-refractivity contribution in [2.75, 3.05) is 6.61 Å². The predicted octanol–water partition coefficient (Wildman–Crippen LogP) is 8.09. The van der Waals surface area contributed by atoms with Crippen LogP contribution in [0.1, 0.15) is 18.1 Å². The summed E-state index contributed by atoms with van der Waals surface area (Å²) in [7, 11) is 0. The molecule has 0 saturated carbocycles. The van der Waals surface area contributed by atoms with Gasteiger partial charge in [0.05, 0.1) is 23.7 Å². The summed E-state index contributed by atoms with van der Waals surface area (Å²) in [6.07, 6.45) is 1.59. The Hall–Kier alpha value is -4.40. The van der Waals surface area contributed by atoms with Gasteiger partial charge in [-0.1, -0.05) is 51.8 Å². The van der Waals surface area contributed by atoms with Crippen molar-refractivity contribution in [3.8, 4) is 23.1 Å². The van der Waals surface area contributed by atoms with E-state index in [2.05, 4.69) is 21.0 Å². The molecule has 0 saturated heterocycles. The van der Waals surface area contributed by atoms with Gasteiger partial charge in [0, 0.05) is 14.9 Å². The number of nitrogens with zero attached hydrogens (tertiary/aromatic N) is 3. The second-order valence-electron chi connectivity index (χ2n) is 9.16. The Morgan fingerprint density at radius 2 is 1.80 bits per heavy atom. The Kier molecular flexibility index (Phi) is 7.59. The number of halogens is 2. The van der Waals surface area contributed by atoms with E-state index in [0.717, 1.165) is 15.4 Å². The van der Waals surface area contributed by atoms with Crippen molar-refractivity contribution in [1.29, 1.82) is 0 Å². The first-order chi connectivity index (χ1) is 20.0. The van der Waals surface area contributed by atoms with Crippen LogP contribution in [0.4, 0.5) is 0 Å². The number of hydrogen-bond acceptors (Lipinski definition) is 6. The van der Waals surface area contributed by atoms with Gasteiger partial charge in [0.15, 0.2) is 17.3 Å². The van der Waals surface area contributed by atoms with Crippen LogP contribution in [0.2, 0.25) is 5.02 Å². The molecule has 0 aliphatic carbocycles. The lowest BCUT2D eigenvalue weighted by Crippen LogP contribution is -2.20. The summed E-state index contributed by atoms with van der Waals surface area (Å²) >= 11 is 9.62. The summed E-state index contributed by atoms with van der Waals surface area (Å²) in [6.45, 7) is 2.76. The first kappa shape index (κ1) is 26.8. The molecule has 6 aromatic rings. The first-order valence-electron chi connectivity index (χ1n) is 12.9. The van der Waals surface area contributed by atoms with Crippen molar-refractivity contribution in [3.63, 3.8) is 0 Å². The second kappa shape index (κ2) is 11.6. The molecule has 0 bridgehead atoms. The third-order valence-corrected chi connectivity index (χ3v) is 7.11. The molecular formula is C32H23BrClN3O4. The summed E-state index contributed by atoms with van der Waals surface area (Å²) in [4.78, 5) is 18.3. The third-order valence-electron chi connectivity index (χ3n) is 6.35. The fraction of sp³-hybridized carbons (Fsp3) is 0.0938. The number of furan rings is 1. The topological polar surface area (TPSA) is 78.9 Å². The predicted molar refractivity (Wildman–Crippen MR) is 165 cm³/mol. The van der Waals surface area contributed by atoms with E-state index in [1.54, 1.807) is 48.7 Å². The van der Waals surface area contributed by atoms with E-state index < -0.39 is 0 Å². The Morgan fingerprint density at radius 3 is 2.63 bits per heavy atom. The molecule has 41 heavy (non-hydrogen) atoms. The minimum absolute atomic E-state index is 0.275. The van der Waals surface area contributed by atoms with Crippen molar-refractivity contribution in [1.82, 2.24) is 9.66 Å². The van der Waals surface area contributed by atoms with Crippen LogP contribution in [0, 0.1) is 0 Å². The first-order valence-corrected chi connectivity index (χ1v) is 14.1. The summed E-state index contributed by atoms with van der Waals surface area (Å²) in [5.74, 6) is 1.86. The molecule has 0 amide bonds. The highest BCUT2D eigenvalue weighted by Crippen LogP contribution is 2.31. The number of ether oxygens (including phenoxy) is 2. The van der Waals surface area contributed by atoms with Crippen LogP contribution in [-0.2, 0) is 6.61 Å². The molecule has 0 fully saturated rings. The fourth-order valence-electron chi connectivity index (χ4n) is 4.37. The molecule has 0 aliphatic heterocycles. The Bertz CT molecular complexity index is 1970. The zero-order chi connectivity index (χ0) is 28.3. The number of fused-ring (bicyclic) bond motifs is 2. The van der Waals surface area contributed by atoms with E-state index in [1.165, 1.54) is 4.68 Å². The van der Waals surface area contributed by atoms with Crippen molar-refractivity contribution in [2.45, 2.75) is 13.5 Å². The highest BCUT2D eigenvalue weighted by atomic mass is 79.9. The molecular weight excluding hydrogens is 606 g/mol. The van der Waals surface area contributed by atoms with E-state index in [9.17, 15) is 4.79 Å². The quantitative estimate of drug-likeness (QED) is 0.159. The lowest BCUT2D eigenvalue weighted by molar-refractivity contribution is 0.269. The number of para-hydroxylation sites is 1.